The van der Waals surface area contributed by atoms with Crippen LogP contribution in [0.4, 0.5) is 5.69 Å². The van der Waals surface area contributed by atoms with E-state index in [2.05, 4.69) is 15.3 Å². The molecule has 0 saturated carbocycles. The summed E-state index contributed by atoms with van der Waals surface area (Å²) in [5.74, 6) is -0.200. The molecule has 2 aromatic rings. The van der Waals surface area contributed by atoms with Gasteiger partial charge in [-0.25, -0.2) is 9.48 Å². The summed E-state index contributed by atoms with van der Waals surface area (Å²) in [6, 6.07) is 7.73. The number of rotatable bonds is 4. The minimum absolute atomic E-state index is 0.0584. The number of aromatic nitrogens is 3. The van der Waals surface area contributed by atoms with Gasteiger partial charge in [-0.1, -0.05) is 11.6 Å². The molecule has 2 heterocycles. The molecule has 0 unspecified atom stereocenters. The smallest absolute Gasteiger partial charge is 0.345 e. The van der Waals surface area contributed by atoms with Gasteiger partial charge in [0.2, 0.25) is 5.91 Å². The van der Waals surface area contributed by atoms with Crippen LogP contribution >= 0.6 is 11.6 Å². The van der Waals surface area contributed by atoms with Crippen molar-refractivity contribution in [2.45, 2.75) is 19.0 Å². The van der Waals surface area contributed by atoms with Crippen molar-refractivity contribution >= 4 is 23.2 Å². The van der Waals surface area contributed by atoms with E-state index < -0.39 is 0 Å². The Hall–Kier alpha value is -2.28. The average molecular weight is 336 g/mol. The van der Waals surface area contributed by atoms with Crippen molar-refractivity contribution < 1.29 is 4.79 Å². The Morgan fingerprint density at radius 1 is 1.39 bits per heavy atom. The molecule has 1 N–H and O–H groups in total. The summed E-state index contributed by atoms with van der Waals surface area (Å²) in [6.07, 6.45) is 2.26. The lowest BCUT2D eigenvalue weighted by Gasteiger charge is -2.19. The Morgan fingerprint density at radius 3 is 2.78 bits per heavy atom. The number of nitrogens with one attached hydrogen (secondary N) is 1. The summed E-state index contributed by atoms with van der Waals surface area (Å²) in [5.41, 5.74) is 0.793. The minimum Gasteiger partial charge on any atom is -0.369 e. The lowest BCUT2D eigenvalue weighted by atomic mass is 10.2. The first-order chi connectivity index (χ1) is 11.0. The van der Waals surface area contributed by atoms with Gasteiger partial charge in [-0.15, -0.1) is 0 Å². The van der Waals surface area contributed by atoms with Crippen LogP contribution in [0.2, 0.25) is 5.02 Å². The first-order valence-corrected chi connectivity index (χ1v) is 7.79. The first kappa shape index (κ1) is 15.6. The van der Waals surface area contributed by atoms with Gasteiger partial charge in [0.25, 0.3) is 0 Å². The maximum atomic E-state index is 12.1. The van der Waals surface area contributed by atoms with Crippen LogP contribution in [0.5, 0.6) is 0 Å². The molecule has 0 bridgehead atoms. The molecule has 8 heteroatoms. The standard InChI is InChI=1S/C15H18ClN5O2/c1-19-10-17-21(15(19)23)9-14(22)18-12-6-7-20(8-12)13-4-2-11(16)3-5-13/h2-5,10,12H,6-9H2,1H3,(H,18,22)/t12-/m0/s1. The molecule has 1 saturated heterocycles. The normalized spacial score (nSPS) is 17.5. The van der Waals surface area contributed by atoms with Gasteiger partial charge in [0.1, 0.15) is 12.9 Å². The molecule has 1 aromatic carbocycles. The molecule has 1 aliphatic rings. The lowest BCUT2D eigenvalue weighted by molar-refractivity contribution is -0.122. The van der Waals surface area contributed by atoms with Gasteiger partial charge in [0, 0.05) is 36.9 Å². The largest absolute Gasteiger partial charge is 0.369 e. The topological polar surface area (TPSA) is 72.2 Å². The van der Waals surface area contributed by atoms with Gasteiger partial charge < -0.3 is 10.2 Å². The monoisotopic (exact) mass is 335 g/mol. The van der Waals surface area contributed by atoms with Crippen LogP contribution in [-0.2, 0) is 18.4 Å². The van der Waals surface area contributed by atoms with E-state index in [0.717, 1.165) is 29.9 Å². The number of nitrogens with zero attached hydrogens (tertiary/aromatic N) is 4. The Bertz CT molecular complexity index is 752. The number of hydrogen-bond donors (Lipinski definition) is 1. The predicted octanol–water partition coefficient (Wildman–Crippen LogP) is 0.630. The first-order valence-electron chi connectivity index (χ1n) is 7.41. The molecule has 1 aliphatic heterocycles. The number of aryl methyl sites for hydroxylation is 1. The Morgan fingerprint density at radius 2 is 2.13 bits per heavy atom. The number of halogens is 1. The van der Waals surface area contributed by atoms with Crippen LogP contribution in [0.25, 0.3) is 0 Å². The van der Waals surface area contributed by atoms with E-state index in [1.165, 1.54) is 10.9 Å². The summed E-state index contributed by atoms with van der Waals surface area (Å²) < 4.78 is 2.49. The fourth-order valence-corrected chi connectivity index (χ4v) is 2.83. The molecular formula is C15H18ClN5O2. The Labute approximate surface area is 138 Å². The van der Waals surface area contributed by atoms with Crippen molar-refractivity contribution in [1.29, 1.82) is 0 Å². The van der Waals surface area contributed by atoms with Crippen LogP contribution in [0.15, 0.2) is 35.4 Å². The van der Waals surface area contributed by atoms with Crippen LogP contribution < -0.4 is 15.9 Å². The average Bonchev–Trinajstić information content (AvgIpc) is 3.10. The summed E-state index contributed by atoms with van der Waals surface area (Å²) in [4.78, 5) is 25.9. The van der Waals surface area contributed by atoms with Crippen molar-refractivity contribution in [3.63, 3.8) is 0 Å². The molecule has 1 aromatic heterocycles. The van der Waals surface area contributed by atoms with E-state index in [9.17, 15) is 9.59 Å². The second-order valence-corrected chi connectivity index (χ2v) is 6.09. The number of anilines is 1. The highest BCUT2D eigenvalue weighted by molar-refractivity contribution is 6.30. The third kappa shape index (κ3) is 3.56. The van der Waals surface area contributed by atoms with E-state index in [4.69, 9.17) is 11.6 Å². The van der Waals surface area contributed by atoms with E-state index in [1.807, 2.05) is 24.3 Å². The van der Waals surface area contributed by atoms with Crippen LogP contribution in [-0.4, -0.2) is 39.4 Å². The summed E-state index contributed by atoms with van der Waals surface area (Å²) in [7, 11) is 1.60. The molecule has 1 atom stereocenters. The highest BCUT2D eigenvalue weighted by Gasteiger charge is 2.24. The number of carbonyl (C=O) groups is 1. The highest BCUT2D eigenvalue weighted by atomic mass is 35.5. The zero-order valence-corrected chi connectivity index (χ0v) is 13.5. The Balaban J connectivity index is 1.55. The van der Waals surface area contributed by atoms with Crippen molar-refractivity contribution in [1.82, 2.24) is 19.7 Å². The fraction of sp³-hybridized carbons (Fsp3) is 0.400. The summed E-state index contributed by atoms with van der Waals surface area (Å²) in [5, 5.41) is 7.55. The van der Waals surface area contributed by atoms with Gasteiger partial charge in [-0.05, 0) is 30.7 Å². The molecule has 0 aliphatic carbocycles. The van der Waals surface area contributed by atoms with Crippen LogP contribution in [0, 0.1) is 0 Å². The molecule has 122 valence electrons. The molecule has 0 radical (unpaired) electrons. The maximum Gasteiger partial charge on any atom is 0.345 e. The molecule has 3 rings (SSSR count). The van der Waals surface area contributed by atoms with E-state index in [0.29, 0.717) is 5.02 Å². The zero-order chi connectivity index (χ0) is 16.4. The molecule has 1 fully saturated rings. The van der Waals surface area contributed by atoms with E-state index in [-0.39, 0.29) is 24.2 Å². The van der Waals surface area contributed by atoms with Crippen LogP contribution in [0.1, 0.15) is 6.42 Å². The Kier molecular flexibility index (Phi) is 4.38. The third-order valence-corrected chi connectivity index (χ3v) is 4.18. The molecule has 0 spiro atoms. The SMILES string of the molecule is Cn1cnn(CC(=O)N[C@H]2CCN(c3ccc(Cl)cc3)C2)c1=O. The molecular weight excluding hydrogens is 318 g/mol. The number of carbonyl (C=O) groups excluding carboxylic acids is 1. The van der Waals surface area contributed by atoms with Crippen molar-refractivity contribution in [2.24, 2.45) is 7.05 Å². The van der Waals surface area contributed by atoms with Gasteiger partial charge in [-0.2, -0.15) is 5.10 Å². The lowest BCUT2D eigenvalue weighted by Crippen LogP contribution is -2.40. The maximum absolute atomic E-state index is 12.1. The fourth-order valence-electron chi connectivity index (χ4n) is 2.70. The van der Waals surface area contributed by atoms with Gasteiger partial charge in [-0.3, -0.25) is 9.36 Å². The number of hydrogen-bond acceptors (Lipinski definition) is 4. The van der Waals surface area contributed by atoms with E-state index >= 15 is 0 Å². The second-order valence-electron chi connectivity index (χ2n) is 5.66. The quantitative estimate of drug-likeness (QED) is 0.889. The van der Waals surface area contributed by atoms with Gasteiger partial charge >= 0.3 is 5.69 Å². The summed E-state index contributed by atoms with van der Waals surface area (Å²) >= 11 is 5.90. The molecule has 7 nitrogen and oxygen atoms in total. The third-order valence-electron chi connectivity index (χ3n) is 3.93. The van der Waals surface area contributed by atoms with Crippen molar-refractivity contribution in [3.8, 4) is 0 Å². The van der Waals surface area contributed by atoms with E-state index in [1.54, 1.807) is 7.05 Å². The van der Waals surface area contributed by atoms with Gasteiger partial charge in [0.05, 0.1) is 0 Å². The second kappa shape index (κ2) is 6.45. The predicted molar refractivity (Wildman–Crippen MR) is 87.7 cm³/mol. The highest BCUT2D eigenvalue weighted by Crippen LogP contribution is 2.22. The zero-order valence-electron chi connectivity index (χ0n) is 12.8. The minimum atomic E-state index is -0.297. The van der Waals surface area contributed by atoms with Crippen LogP contribution in [0.3, 0.4) is 0 Å². The number of benzene rings is 1. The van der Waals surface area contributed by atoms with Gasteiger partial charge in [0.15, 0.2) is 0 Å². The van der Waals surface area contributed by atoms with Crippen molar-refractivity contribution in [2.75, 3.05) is 18.0 Å². The molecule has 1 amide bonds. The molecule has 23 heavy (non-hydrogen) atoms. The van der Waals surface area contributed by atoms with Crippen molar-refractivity contribution in [3.05, 3.63) is 46.1 Å². The summed E-state index contributed by atoms with van der Waals surface area (Å²) in [6.45, 7) is 1.55. The number of amides is 1.